The lowest BCUT2D eigenvalue weighted by molar-refractivity contribution is -0.130. The van der Waals surface area contributed by atoms with Crippen molar-refractivity contribution in [1.82, 2.24) is 10.2 Å². The molecule has 0 aromatic heterocycles. The minimum atomic E-state index is -0.592. The maximum atomic E-state index is 13.4. The van der Waals surface area contributed by atoms with Crippen LogP contribution in [-0.4, -0.2) is 37.0 Å². The number of aryl methyl sites for hydroxylation is 1. The van der Waals surface area contributed by atoms with E-state index >= 15 is 0 Å². The Kier molecular flexibility index (Phi) is 4.85. The summed E-state index contributed by atoms with van der Waals surface area (Å²) in [5, 5.41) is 3.23. The Morgan fingerprint density at radius 3 is 2.89 bits per heavy atom. The SMILES string of the molecule is O=C(CCc1ccc(F)cc1F)N1CCCNCC1. The molecule has 1 fully saturated rings. The molecule has 1 aromatic rings. The summed E-state index contributed by atoms with van der Waals surface area (Å²) >= 11 is 0. The van der Waals surface area contributed by atoms with E-state index in [2.05, 4.69) is 5.32 Å². The lowest BCUT2D eigenvalue weighted by Crippen LogP contribution is -2.34. The predicted molar refractivity (Wildman–Crippen MR) is 68.7 cm³/mol. The van der Waals surface area contributed by atoms with Gasteiger partial charge < -0.3 is 10.2 Å². The Morgan fingerprint density at radius 1 is 1.26 bits per heavy atom. The Morgan fingerprint density at radius 2 is 2.11 bits per heavy atom. The van der Waals surface area contributed by atoms with Gasteiger partial charge in [-0.3, -0.25) is 4.79 Å². The van der Waals surface area contributed by atoms with Gasteiger partial charge in [0, 0.05) is 32.1 Å². The van der Waals surface area contributed by atoms with Crippen molar-refractivity contribution in [1.29, 1.82) is 0 Å². The molecule has 1 heterocycles. The van der Waals surface area contributed by atoms with Gasteiger partial charge >= 0.3 is 0 Å². The van der Waals surface area contributed by atoms with Crippen molar-refractivity contribution in [2.45, 2.75) is 19.3 Å². The maximum Gasteiger partial charge on any atom is 0.222 e. The molecular formula is C14H18F2N2O. The summed E-state index contributed by atoms with van der Waals surface area (Å²) in [6.07, 6.45) is 1.52. The number of carbonyl (C=O) groups is 1. The molecule has 1 N–H and O–H groups in total. The van der Waals surface area contributed by atoms with Crippen molar-refractivity contribution in [2.75, 3.05) is 26.2 Å². The lowest BCUT2D eigenvalue weighted by atomic mass is 10.1. The molecule has 19 heavy (non-hydrogen) atoms. The Hall–Kier alpha value is -1.49. The zero-order valence-electron chi connectivity index (χ0n) is 10.8. The highest BCUT2D eigenvalue weighted by Crippen LogP contribution is 2.12. The first-order valence-electron chi connectivity index (χ1n) is 6.59. The van der Waals surface area contributed by atoms with Gasteiger partial charge in [0.15, 0.2) is 0 Å². The van der Waals surface area contributed by atoms with Crippen molar-refractivity contribution >= 4 is 5.91 Å². The first-order chi connectivity index (χ1) is 9.16. The second-order valence-electron chi connectivity index (χ2n) is 4.72. The van der Waals surface area contributed by atoms with Crippen molar-refractivity contribution < 1.29 is 13.6 Å². The molecule has 5 heteroatoms. The van der Waals surface area contributed by atoms with Gasteiger partial charge in [-0.05, 0) is 31.0 Å². The highest BCUT2D eigenvalue weighted by Gasteiger charge is 2.15. The molecule has 0 aliphatic carbocycles. The molecule has 1 saturated heterocycles. The molecule has 0 radical (unpaired) electrons. The van der Waals surface area contributed by atoms with Gasteiger partial charge in [0.2, 0.25) is 5.91 Å². The van der Waals surface area contributed by atoms with Crippen molar-refractivity contribution in [3.8, 4) is 0 Å². The number of nitrogens with one attached hydrogen (secondary N) is 1. The van der Waals surface area contributed by atoms with Gasteiger partial charge in [-0.25, -0.2) is 8.78 Å². The van der Waals surface area contributed by atoms with Crippen LogP contribution in [0.25, 0.3) is 0 Å². The first kappa shape index (κ1) is 13.9. The van der Waals surface area contributed by atoms with Gasteiger partial charge in [-0.1, -0.05) is 6.07 Å². The quantitative estimate of drug-likeness (QED) is 0.905. The van der Waals surface area contributed by atoms with Crippen LogP contribution in [0.2, 0.25) is 0 Å². The number of benzene rings is 1. The molecule has 1 amide bonds. The molecule has 0 bridgehead atoms. The third kappa shape index (κ3) is 3.99. The predicted octanol–water partition coefficient (Wildman–Crippen LogP) is 1.72. The molecule has 2 rings (SSSR count). The third-order valence-electron chi connectivity index (χ3n) is 3.32. The molecule has 1 aliphatic heterocycles. The molecule has 104 valence electrons. The van der Waals surface area contributed by atoms with E-state index in [4.69, 9.17) is 0 Å². The number of nitrogens with zero attached hydrogens (tertiary/aromatic N) is 1. The van der Waals surface area contributed by atoms with Crippen LogP contribution in [0.5, 0.6) is 0 Å². The third-order valence-corrected chi connectivity index (χ3v) is 3.32. The van der Waals surface area contributed by atoms with Gasteiger partial charge in [-0.2, -0.15) is 0 Å². The van der Waals surface area contributed by atoms with Crippen molar-refractivity contribution in [2.24, 2.45) is 0 Å². The molecule has 1 aromatic carbocycles. The van der Waals surface area contributed by atoms with E-state index in [9.17, 15) is 13.6 Å². The van der Waals surface area contributed by atoms with E-state index in [0.29, 0.717) is 18.5 Å². The minimum Gasteiger partial charge on any atom is -0.341 e. The largest absolute Gasteiger partial charge is 0.341 e. The number of hydrogen-bond donors (Lipinski definition) is 1. The van der Waals surface area contributed by atoms with Gasteiger partial charge in [0.25, 0.3) is 0 Å². The second-order valence-corrected chi connectivity index (χ2v) is 4.72. The number of amides is 1. The smallest absolute Gasteiger partial charge is 0.222 e. The lowest BCUT2D eigenvalue weighted by Gasteiger charge is -2.19. The van der Waals surface area contributed by atoms with Crippen LogP contribution in [0.1, 0.15) is 18.4 Å². The van der Waals surface area contributed by atoms with Gasteiger partial charge in [0.05, 0.1) is 0 Å². The van der Waals surface area contributed by atoms with Crippen LogP contribution in [0.15, 0.2) is 18.2 Å². The normalized spacial score (nSPS) is 16.2. The summed E-state index contributed by atoms with van der Waals surface area (Å²) in [6.45, 7) is 3.18. The number of carbonyl (C=O) groups excluding carboxylic acids is 1. The molecule has 0 unspecified atom stereocenters. The fourth-order valence-corrected chi connectivity index (χ4v) is 2.22. The Labute approximate surface area is 111 Å². The Bertz CT molecular complexity index is 443. The highest BCUT2D eigenvalue weighted by atomic mass is 19.1. The van der Waals surface area contributed by atoms with E-state index in [1.165, 1.54) is 12.1 Å². The van der Waals surface area contributed by atoms with E-state index in [1.807, 2.05) is 0 Å². The summed E-state index contributed by atoms with van der Waals surface area (Å²) < 4.78 is 26.2. The fraction of sp³-hybridized carbons (Fsp3) is 0.500. The zero-order valence-corrected chi connectivity index (χ0v) is 10.8. The van der Waals surface area contributed by atoms with E-state index in [-0.39, 0.29) is 12.3 Å². The van der Waals surface area contributed by atoms with Gasteiger partial charge in [0.1, 0.15) is 11.6 Å². The standard InChI is InChI=1S/C14H18F2N2O/c15-12-4-2-11(13(16)10-12)3-5-14(19)18-8-1-6-17-7-9-18/h2,4,10,17H,1,3,5-9H2. The highest BCUT2D eigenvalue weighted by molar-refractivity contribution is 5.76. The number of rotatable bonds is 3. The van der Waals surface area contributed by atoms with Crippen molar-refractivity contribution in [3.63, 3.8) is 0 Å². The first-order valence-corrected chi connectivity index (χ1v) is 6.59. The summed E-state index contributed by atoms with van der Waals surface area (Å²) in [7, 11) is 0. The summed E-state index contributed by atoms with van der Waals surface area (Å²) in [6, 6.07) is 3.48. The number of hydrogen-bond acceptors (Lipinski definition) is 2. The van der Waals surface area contributed by atoms with Crippen molar-refractivity contribution in [3.05, 3.63) is 35.4 Å². The van der Waals surface area contributed by atoms with Crippen LogP contribution < -0.4 is 5.32 Å². The summed E-state index contributed by atoms with van der Waals surface area (Å²) in [5.41, 5.74) is 0.391. The van der Waals surface area contributed by atoms with E-state index in [0.717, 1.165) is 32.1 Å². The van der Waals surface area contributed by atoms with Crippen LogP contribution >= 0.6 is 0 Å². The second kappa shape index (κ2) is 6.61. The fourth-order valence-electron chi connectivity index (χ4n) is 2.22. The van der Waals surface area contributed by atoms with Crippen LogP contribution in [0, 0.1) is 11.6 Å². The monoisotopic (exact) mass is 268 g/mol. The van der Waals surface area contributed by atoms with E-state index in [1.54, 1.807) is 4.90 Å². The average Bonchev–Trinajstić information content (AvgIpc) is 2.66. The summed E-state index contributed by atoms with van der Waals surface area (Å²) in [5.74, 6) is -1.14. The Balaban J connectivity index is 1.88. The molecule has 0 atom stereocenters. The minimum absolute atomic E-state index is 0.0347. The van der Waals surface area contributed by atoms with Crippen LogP contribution in [0.4, 0.5) is 8.78 Å². The zero-order chi connectivity index (χ0) is 13.7. The maximum absolute atomic E-state index is 13.4. The molecule has 0 spiro atoms. The summed E-state index contributed by atoms with van der Waals surface area (Å²) in [4.78, 5) is 13.8. The molecule has 1 aliphatic rings. The van der Waals surface area contributed by atoms with E-state index < -0.39 is 11.6 Å². The van der Waals surface area contributed by atoms with Crippen LogP contribution in [0.3, 0.4) is 0 Å². The molecular weight excluding hydrogens is 250 g/mol. The van der Waals surface area contributed by atoms with Crippen LogP contribution in [-0.2, 0) is 11.2 Å². The molecule has 3 nitrogen and oxygen atoms in total. The molecule has 0 saturated carbocycles. The average molecular weight is 268 g/mol. The topological polar surface area (TPSA) is 32.3 Å². The number of halogens is 2. The van der Waals surface area contributed by atoms with Gasteiger partial charge in [-0.15, -0.1) is 0 Å².